The highest BCUT2D eigenvalue weighted by Gasteiger charge is 2.12. The largest absolute Gasteiger partial charge is 0.283 e. The minimum absolute atomic E-state index is 0.127. The number of hydrogen-bond acceptors (Lipinski definition) is 2. The highest BCUT2D eigenvalue weighted by atomic mass is 79.9. The third-order valence-electron chi connectivity index (χ3n) is 2.82. The molecule has 2 aromatic carbocycles. The molecule has 0 unspecified atom stereocenters. The van der Waals surface area contributed by atoms with Crippen LogP contribution in [0, 0.1) is 0 Å². The van der Waals surface area contributed by atoms with E-state index in [1.807, 2.05) is 49.4 Å². The van der Waals surface area contributed by atoms with Crippen LogP contribution in [-0.4, -0.2) is 14.2 Å². The quantitative estimate of drug-likeness (QED) is 0.872. The third kappa shape index (κ3) is 3.84. The summed E-state index contributed by atoms with van der Waals surface area (Å²) in [5, 5.41) is 0. The molecule has 0 aliphatic heterocycles. The first-order chi connectivity index (χ1) is 9.52. The van der Waals surface area contributed by atoms with E-state index >= 15 is 0 Å². The Morgan fingerprint density at radius 2 is 1.70 bits per heavy atom. The maximum Gasteiger partial charge on any atom is 0.232 e. The molecular weight excluding hydrogens is 338 g/mol. The molecule has 1 N–H and O–H groups in total. The first-order valence-corrected chi connectivity index (χ1v) is 8.82. The van der Waals surface area contributed by atoms with Crippen LogP contribution in [-0.2, 0) is 10.0 Å². The molecule has 0 radical (unpaired) electrons. The van der Waals surface area contributed by atoms with Gasteiger partial charge in [0.1, 0.15) is 0 Å². The van der Waals surface area contributed by atoms with Gasteiger partial charge in [-0.05, 0) is 30.2 Å². The van der Waals surface area contributed by atoms with Crippen LogP contribution in [0.3, 0.4) is 0 Å². The molecule has 0 saturated heterocycles. The zero-order chi connectivity index (χ0) is 14.6. The topological polar surface area (TPSA) is 46.2 Å². The Labute approximate surface area is 128 Å². The molecule has 106 valence electrons. The molecule has 0 atom stereocenters. The van der Waals surface area contributed by atoms with E-state index in [1.165, 1.54) is 0 Å². The zero-order valence-corrected chi connectivity index (χ0v) is 13.5. The summed E-state index contributed by atoms with van der Waals surface area (Å²) in [6.45, 7) is 1.85. The van der Waals surface area contributed by atoms with Gasteiger partial charge >= 0.3 is 0 Å². The Hall–Kier alpha value is -1.33. The standard InChI is InChI=1S/C15H16BrNO2S/c1-2-11-20(18,19)17-15-6-4-3-5-14(15)12-7-9-13(16)10-8-12/h3-10,17H,2,11H2,1H3. The SMILES string of the molecule is CCCS(=O)(=O)Nc1ccccc1-c1ccc(Br)cc1. The molecule has 5 heteroatoms. The second-order valence-corrected chi connectivity index (χ2v) is 7.23. The lowest BCUT2D eigenvalue weighted by Crippen LogP contribution is -2.16. The number of sulfonamides is 1. The van der Waals surface area contributed by atoms with Crippen molar-refractivity contribution in [3.05, 3.63) is 53.0 Å². The Morgan fingerprint density at radius 3 is 2.35 bits per heavy atom. The molecule has 20 heavy (non-hydrogen) atoms. The van der Waals surface area contributed by atoms with Crippen LogP contribution in [0.5, 0.6) is 0 Å². The van der Waals surface area contributed by atoms with Crippen LogP contribution >= 0.6 is 15.9 Å². The van der Waals surface area contributed by atoms with Gasteiger partial charge in [0.05, 0.1) is 11.4 Å². The summed E-state index contributed by atoms with van der Waals surface area (Å²) in [4.78, 5) is 0. The number of anilines is 1. The predicted octanol–water partition coefficient (Wildman–Crippen LogP) is 4.27. The molecule has 2 rings (SSSR count). The van der Waals surface area contributed by atoms with Crippen molar-refractivity contribution in [2.45, 2.75) is 13.3 Å². The van der Waals surface area contributed by atoms with Gasteiger partial charge in [-0.2, -0.15) is 0 Å². The molecule has 0 amide bonds. The van der Waals surface area contributed by atoms with Crippen LogP contribution in [0.4, 0.5) is 5.69 Å². The molecule has 0 saturated carbocycles. The van der Waals surface area contributed by atoms with E-state index in [0.717, 1.165) is 15.6 Å². The van der Waals surface area contributed by atoms with E-state index in [-0.39, 0.29) is 5.75 Å². The highest BCUT2D eigenvalue weighted by molar-refractivity contribution is 9.10. The van der Waals surface area contributed by atoms with Gasteiger partial charge < -0.3 is 0 Å². The molecule has 3 nitrogen and oxygen atoms in total. The number of para-hydroxylation sites is 1. The molecule has 2 aromatic rings. The smallest absolute Gasteiger partial charge is 0.232 e. The van der Waals surface area contributed by atoms with E-state index in [0.29, 0.717) is 12.1 Å². The summed E-state index contributed by atoms with van der Waals surface area (Å²) < 4.78 is 27.5. The van der Waals surface area contributed by atoms with Crippen molar-refractivity contribution >= 4 is 31.6 Å². The van der Waals surface area contributed by atoms with E-state index in [1.54, 1.807) is 6.07 Å². The molecule has 0 spiro atoms. The molecule has 0 aliphatic rings. The van der Waals surface area contributed by atoms with Crippen molar-refractivity contribution in [2.75, 3.05) is 10.5 Å². The van der Waals surface area contributed by atoms with E-state index in [4.69, 9.17) is 0 Å². The van der Waals surface area contributed by atoms with Crippen LogP contribution in [0.15, 0.2) is 53.0 Å². The summed E-state index contributed by atoms with van der Waals surface area (Å²) in [7, 11) is -3.28. The number of halogens is 1. The van der Waals surface area contributed by atoms with E-state index < -0.39 is 10.0 Å². The summed E-state index contributed by atoms with van der Waals surface area (Å²) in [5.41, 5.74) is 2.46. The van der Waals surface area contributed by atoms with Crippen molar-refractivity contribution in [3.8, 4) is 11.1 Å². The van der Waals surface area contributed by atoms with E-state index in [9.17, 15) is 8.42 Å². The Morgan fingerprint density at radius 1 is 1.05 bits per heavy atom. The lowest BCUT2D eigenvalue weighted by atomic mass is 10.0. The minimum Gasteiger partial charge on any atom is -0.283 e. The average molecular weight is 354 g/mol. The maximum atomic E-state index is 11.9. The first-order valence-electron chi connectivity index (χ1n) is 6.37. The van der Waals surface area contributed by atoms with Crippen LogP contribution in [0.1, 0.15) is 13.3 Å². The third-order valence-corrected chi connectivity index (χ3v) is 4.83. The number of rotatable bonds is 5. The van der Waals surface area contributed by atoms with Gasteiger partial charge in [0, 0.05) is 10.0 Å². The Kier molecular flexibility index (Phi) is 4.83. The van der Waals surface area contributed by atoms with E-state index in [2.05, 4.69) is 20.7 Å². The fourth-order valence-corrected chi connectivity index (χ4v) is 3.36. The van der Waals surface area contributed by atoms with Gasteiger partial charge in [0.25, 0.3) is 0 Å². The number of benzene rings is 2. The lowest BCUT2D eigenvalue weighted by Gasteiger charge is -2.12. The molecule has 0 aliphatic carbocycles. The summed E-state index contributed by atoms with van der Waals surface area (Å²) >= 11 is 3.39. The van der Waals surface area contributed by atoms with Crippen molar-refractivity contribution < 1.29 is 8.42 Å². The molecule has 0 heterocycles. The zero-order valence-electron chi connectivity index (χ0n) is 11.1. The molecule has 0 aromatic heterocycles. The van der Waals surface area contributed by atoms with Crippen molar-refractivity contribution in [2.24, 2.45) is 0 Å². The first kappa shape index (κ1) is 15.1. The fraction of sp³-hybridized carbons (Fsp3) is 0.200. The normalized spacial score (nSPS) is 11.3. The second-order valence-electron chi connectivity index (χ2n) is 4.47. The van der Waals surface area contributed by atoms with Gasteiger partial charge in [-0.25, -0.2) is 8.42 Å². The van der Waals surface area contributed by atoms with Crippen LogP contribution in [0.2, 0.25) is 0 Å². The average Bonchev–Trinajstić information content (AvgIpc) is 2.40. The van der Waals surface area contributed by atoms with Gasteiger partial charge in [0.15, 0.2) is 0 Å². The monoisotopic (exact) mass is 353 g/mol. The molecule has 0 bridgehead atoms. The van der Waals surface area contributed by atoms with Gasteiger partial charge in [-0.3, -0.25) is 4.72 Å². The molecule has 0 fully saturated rings. The van der Waals surface area contributed by atoms with Crippen LogP contribution < -0.4 is 4.72 Å². The predicted molar refractivity (Wildman–Crippen MR) is 87.3 cm³/mol. The van der Waals surface area contributed by atoms with Gasteiger partial charge in [0.2, 0.25) is 10.0 Å². The van der Waals surface area contributed by atoms with Gasteiger partial charge in [-0.15, -0.1) is 0 Å². The highest BCUT2D eigenvalue weighted by Crippen LogP contribution is 2.29. The Balaban J connectivity index is 2.38. The van der Waals surface area contributed by atoms with Crippen LogP contribution in [0.25, 0.3) is 11.1 Å². The fourth-order valence-electron chi connectivity index (χ4n) is 1.94. The summed E-state index contributed by atoms with van der Waals surface area (Å²) in [6, 6.07) is 15.2. The Bertz CT molecular complexity index is 681. The summed E-state index contributed by atoms with van der Waals surface area (Å²) in [6.07, 6.45) is 0.593. The number of hydrogen-bond donors (Lipinski definition) is 1. The van der Waals surface area contributed by atoms with Crippen molar-refractivity contribution in [1.29, 1.82) is 0 Å². The maximum absolute atomic E-state index is 11.9. The lowest BCUT2D eigenvalue weighted by molar-refractivity contribution is 0.600. The van der Waals surface area contributed by atoms with Crippen molar-refractivity contribution in [3.63, 3.8) is 0 Å². The second kappa shape index (κ2) is 6.41. The van der Waals surface area contributed by atoms with Crippen molar-refractivity contribution in [1.82, 2.24) is 0 Å². The van der Waals surface area contributed by atoms with Gasteiger partial charge in [-0.1, -0.05) is 53.2 Å². The molecular formula is C15H16BrNO2S. The number of nitrogens with one attached hydrogen (secondary N) is 1. The summed E-state index contributed by atoms with van der Waals surface area (Å²) in [5.74, 6) is 0.127. The minimum atomic E-state index is -3.28.